The topological polar surface area (TPSA) is 26.7 Å². The van der Waals surface area contributed by atoms with E-state index in [4.69, 9.17) is 0 Å². The van der Waals surface area contributed by atoms with Crippen molar-refractivity contribution in [3.8, 4) is 0 Å². The van der Waals surface area contributed by atoms with E-state index in [0.717, 1.165) is 37.5 Å². The Bertz CT molecular complexity index is 365. The summed E-state index contributed by atoms with van der Waals surface area (Å²) in [6.45, 7) is 10.2. The van der Waals surface area contributed by atoms with Gasteiger partial charge in [-0.3, -0.25) is 4.90 Å². The highest BCUT2D eigenvalue weighted by Crippen LogP contribution is 2.29. The van der Waals surface area contributed by atoms with Gasteiger partial charge in [-0.25, -0.2) is 0 Å². The van der Waals surface area contributed by atoms with E-state index in [2.05, 4.69) is 23.6 Å². The molecular weight excluding hydrogens is 268 g/mol. The van der Waals surface area contributed by atoms with Crippen LogP contribution in [0.1, 0.15) is 44.1 Å². The first-order valence-corrected chi connectivity index (χ1v) is 8.80. The lowest BCUT2D eigenvalue weighted by Crippen LogP contribution is -2.38. The van der Waals surface area contributed by atoms with Crippen molar-refractivity contribution in [3.05, 3.63) is 22.4 Å². The van der Waals surface area contributed by atoms with Crippen LogP contribution in [0.3, 0.4) is 0 Å². The molecule has 3 nitrogen and oxygen atoms in total. The lowest BCUT2D eigenvalue weighted by Gasteiger charge is -2.28. The molecule has 1 aromatic heterocycles. The molecule has 2 rings (SSSR count). The van der Waals surface area contributed by atoms with Gasteiger partial charge in [0.25, 0.3) is 0 Å². The Kier molecular flexibility index (Phi) is 6.49. The van der Waals surface area contributed by atoms with Gasteiger partial charge in [0.05, 0.1) is 6.10 Å². The van der Waals surface area contributed by atoms with Crippen molar-refractivity contribution >= 4 is 11.3 Å². The molecule has 0 bridgehead atoms. The molecule has 1 fully saturated rings. The molecule has 0 spiro atoms. The highest BCUT2D eigenvalue weighted by atomic mass is 32.1. The second-order valence-corrected chi connectivity index (χ2v) is 6.61. The van der Waals surface area contributed by atoms with Crippen LogP contribution in [0.15, 0.2) is 17.5 Å². The smallest absolute Gasteiger partial charge is 0.0896 e. The zero-order chi connectivity index (χ0) is 14.4. The average molecular weight is 296 g/mol. The molecule has 0 aliphatic carbocycles. The molecule has 1 aliphatic rings. The number of aliphatic hydroxyl groups is 1. The normalized spacial score (nSPS) is 21.7. The number of nitrogens with zero attached hydrogens (tertiary/aromatic N) is 2. The van der Waals surface area contributed by atoms with E-state index in [9.17, 15) is 5.11 Å². The van der Waals surface area contributed by atoms with Crippen LogP contribution in [0.5, 0.6) is 0 Å². The van der Waals surface area contributed by atoms with E-state index < -0.39 is 0 Å². The molecule has 0 aromatic carbocycles. The molecule has 114 valence electrons. The molecule has 2 atom stereocenters. The Morgan fingerprint density at radius 1 is 1.45 bits per heavy atom. The second-order valence-electron chi connectivity index (χ2n) is 5.63. The van der Waals surface area contributed by atoms with Crippen LogP contribution >= 0.6 is 11.3 Å². The quantitative estimate of drug-likeness (QED) is 0.799. The van der Waals surface area contributed by atoms with Crippen LogP contribution in [-0.4, -0.2) is 53.7 Å². The highest BCUT2D eigenvalue weighted by molar-refractivity contribution is 7.10. The summed E-state index contributed by atoms with van der Waals surface area (Å²) in [6.07, 6.45) is 3.12. The number of aliphatic hydroxyl groups excluding tert-OH is 1. The van der Waals surface area contributed by atoms with Crippen molar-refractivity contribution in [2.24, 2.45) is 0 Å². The first-order chi connectivity index (χ1) is 9.74. The standard InChI is InChI=1S/C16H28N2OS/c1-3-17(4-2)10-11-18-9-5-7-14(18)13-15(19)16-8-6-12-20-16/h6,8,12,14-15,19H,3-5,7,9-11,13H2,1-2H3. The molecular formula is C16H28N2OS. The van der Waals surface area contributed by atoms with Gasteiger partial charge in [0, 0.05) is 24.0 Å². The highest BCUT2D eigenvalue weighted by Gasteiger charge is 2.27. The van der Waals surface area contributed by atoms with Gasteiger partial charge in [-0.15, -0.1) is 11.3 Å². The Balaban J connectivity index is 1.81. The summed E-state index contributed by atoms with van der Waals surface area (Å²) < 4.78 is 0. The number of rotatable bonds is 8. The third-order valence-electron chi connectivity index (χ3n) is 4.46. The first-order valence-electron chi connectivity index (χ1n) is 7.92. The summed E-state index contributed by atoms with van der Waals surface area (Å²) in [5, 5.41) is 12.4. The van der Waals surface area contributed by atoms with Gasteiger partial charge in [-0.1, -0.05) is 19.9 Å². The number of likely N-dealkylation sites (tertiary alicyclic amines) is 1. The molecule has 20 heavy (non-hydrogen) atoms. The fourth-order valence-electron chi connectivity index (χ4n) is 3.12. The third kappa shape index (κ3) is 4.29. The molecule has 1 aromatic rings. The van der Waals surface area contributed by atoms with E-state index >= 15 is 0 Å². The second kappa shape index (κ2) is 8.13. The number of hydrogen-bond acceptors (Lipinski definition) is 4. The number of likely N-dealkylation sites (N-methyl/N-ethyl adjacent to an activating group) is 1. The van der Waals surface area contributed by atoms with Gasteiger partial charge in [0.1, 0.15) is 0 Å². The molecule has 2 unspecified atom stereocenters. The summed E-state index contributed by atoms with van der Waals surface area (Å²) in [5.74, 6) is 0. The number of hydrogen-bond donors (Lipinski definition) is 1. The zero-order valence-corrected chi connectivity index (χ0v) is 13.6. The van der Waals surface area contributed by atoms with E-state index in [1.807, 2.05) is 17.5 Å². The van der Waals surface area contributed by atoms with Gasteiger partial charge in [-0.05, 0) is 50.3 Å². The van der Waals surface area contributed by atoms with Crippen LogP contribution in [-0.2, 0) is 0 Å². The maximum absolute atomic E-state index is 10.3. The average Bonchev–Trinajstić information content (AvgIpc) is 3.11. The van der Waals surface area contributed by atoms with Crippen molar-refractivity contribution in [2.45, 2.75) is 45.3 Å². The van der Waals surface area contributed by atoms with Gasteiger partial charge in [0.15, 0.2) is 0 Å². The molecule has 4 heteroatoms. The zero-order valence-electron chi connectivity index (χ0n) is 12.8. The van der Waals surface area contributed by atoms with E-state index in [1.165, 1.54) is 19.4 Å². The molecule has 0 radical (unpaired) electrons. The number of thiophene rings is 1. The summed E-state index contributed by atoms with van der Waals surface area (Å²) in [5.41, 5.74) is 0. The Morgan fingerprint density at radius 3 is 2.90 bits per heavy atom. The fraction of sp³-hybridized carbons (Fsp3) is 0.750. The molecule has 0 saturated carbocycles. The van der Waals surface area contributed by atoms with E-state index in [1.54, 1.807) is 11.3 Å². The third-order valence-corrected chi connectivity index (χ3v) is 5.44. The maximum Gasteiger partial charge on any atom is 0.0896 e. The predicted octanol–water partition coefficient (Wildman–Crippen LogP) is 2.98. The van der Waals surface area contributed by atoms with Gasteiger partial charge >= 0.3 is 0 Å². The molecule has 0 amide bonds. The van der Waals surface area contributed by atoms with Crippen LogP contribution in [0, 0.1) is 0 Å². The Labute approximate surface area is 127 Å². The molecule has 2 heterocycles. The van der Waals surface area contributed by atoms with Crippen molar-refractivity contribution < 1.29 is 5.11 Å². The summed E-state index contributed by atoms with van der Waals surface area (Å²) in [7, 11) is 0. The van der Waals surface area contributed by atoms with Crippen molar-refractivity contribution in [2.75, 3.05) is 32.7 Å². The fourth-order valence-corrected chi connectivity index (χ4v) is 3.85. The van der Waals surface area contributed by atoms with Crippen molar-refractivity contribution in [1.82, 2.24) is 9.80 Å². The first kappa shape index (κ1) is 16.0. The van der Waals surface area contributed by atoms with Crippen LogP contribution in [0.2, 0.25) is 0 Å². The lowest BCUT2D eigenvalue weighted by molar-refractivity contribution is 0.117. The minimum Gasteiger partial charge on any atom is -0.388 e. The summed E-state index contributed by atoms with van der Waals surface area (Å²) >= 11 is 1.66. The Morgan fingerprint density at radius 2 is 2.25 bits per heavy atom. The lowest BCUT2D eigenvalue weighted by atomic mass is 10.1. The summed E-state index contributed by atoms with van der Waals surface area (Å²) in [6, 6.07) is 4.63. The van der Waals surface area contributed by atoms with E-state index in [0.29, 0.717) is 6.04 Å². The molecule has 1 saturated heterocycles. The SMILES string of the molecule is CCN(CC)CCN1CCCC1CC(O)c1cccs1. The Hall–Kier alpha value is -0.420. The van der Waals surface area contributed by atoms with Gasteiger partial charge in [0.2, 0.25) is 0 Å². The molecule has 1 N–H and O–H groups in total. The van der Waals surface area contributed by atoms with Gasteiger partial charge in [-0.2, -0.15) is 0 Å². The van der Waals surface area contributed by atoms with Crippen LogP contribution in [0.4, 0.5) is 0 Å². The largest absolute Gasteiger partial charge is 0.388 e. The van der Waals surface area contributed by atoms with Gasteiger partial charge < -0.3 is 10.0 Å². The molecule has 1 aliphatic heterocycles. The van der Waals surface area contributed by atoms with Crippen molar-refractivity contribution in [1.29, 1.82) is 0 Å². The summed E-state index contributed by atoms with van der Waals surface area (Å²) in [4.78, 5) is 6.17. The minimum atomic E-state index is -0.283. The predicted molar refractivity (Wildman–Crippen MR) is 86.3 cm³/mol. The minimum absolute atomic E-state index is 0.283. The van der Waals surface area contributed by atoms with E-state index in [-0.39, 0.29) is 6.10 Å². The van der Waals surface area contributed by atoms with Crippen molar-refractivity contribution in [3.63, 3.8) is 0 Å². The van der Waals surface area contributed by atoms with Crippen LogP contribution < -0.4 is 0 Å². The maximum atomic E-state index is 10.3. The monoisotopic (exact) mass is 296 g/mol. The van der Waals surface area contributed by atoms with Crippen LogP contribution in [0.25, 0.3) is 0 Å².